The van der Waals surface area contributed by atoms with Crippen LogP contribution in [0.5, 0.6) is 0 Å². The number of rotatable bonds is 2. The fraction of sp³-hybridized carbons (Fsp3) is 0.294. The Balaban J connectivity index is 1.97. The van der Waals surface area contributed by atoms with Crippen LogP contribution in [0.4, 0.5) is 5.69 Å². The summed E-state index contributed by atoms with van der Waals surface area (Å²) in [5.74, 6) is 0.221. The smallest absolute Gasteiger partial charge is 0.295 e. The summed E-state index contributed by atoms with van der Waals surface area (Å²) in [5, 5.41) is 7.17. The van der Waals surface area contributed by atoms with Crippen molar-refractivity contribution in [2.45, 2.75) is 34.6 Å². The average molecular weight is 309 g/mol. The number of carbonyl (C=O) groups excluding carboxylic acids is 1. The molecule has 3 aromatic rings. The van der Waals surface area contributed by atoms with Gasteiger partial charge in [0.25, 0.3) is 11.7 Å². The molecule has 0 aliphatic heterocycles. The van der Waals surface area contributed by atoms with Crippen LogP contribution in [0.3, 0.4) is 0 Å². The summed E-state index contributed by atoms with van der Waals surface area (Å²) in [6.07, 6.45) is 0. The van der Waals surface area contributed by atoms with Gasteiger partial charge in [-0.15, -0.1) is 5.10 Å². The minimum absolute atomic E-state index is 0.116. The van der Waals surface area contributed by atoms with E-state index in [1.54, 1.807) is 4.52 Å². The Hall–Kier alpha value is -2.76. The highest BCUT2D eigenvalue weighted by Gasteiger charge is 2.17. The van der Waals surface area contributed by atoms with Gasteiger partial charge in [-0.1, -0.05) is 17.7 Å². The highest BCUT2D eigenvalue weighted by molar-refractivity contribution is 6.02. The SMILES string of the molecule is Cc1cc(C)c(NC(=O)c2nc3nc(C)cc(C)n3n2)c(C)c1. The first kappa shape index (κ1) is 15.1. The maximum atomic E-state index is 12.5. The van der Waals surface area contributed by atoms with Crippen LogP contribution in [0.25, 0.3) is 5.78 Å². The third kappa shape index (κ3) is 2.79. The molecule has 23 heavy (non-hydrogen) atoms. The van der Waals surface area contributed by atoms with E-state index in [4.69, 9.17) is 0 Å². The topological polar surface area (TPSA) is 72.2 Å². The van der Waals surface area contributed by atoms with Crippen LogP contribution < -0.4 is 5.32 Å². The monoisotopic (exact) mass is 309 g/mol. The Kier molecular flexibility index (Phi) is 3.60. The molecule has 3 rings (SSSR count). The lowest BCUT2D eigenvalue weighted by Gasteiger charge is -2.11. The second kappa shape index (κ2) is 5.46. The first-order valence-corrected chi connectivity index (χ1v) is 7.45. The number of hydrogen-bond acceptors (Lipinski definition) is 4. The molecule has 0 unspecified atom stereocenters. The molecule has 6 heteroatoms. The van der Waals surface area contributed by atoms with E-state index in [-0.39, 0.29) is 11.7 Å². The van der Waals surface area contributed by atoms with Crippen molar-refractivity contribution in [3.05, 3.63) is 52.1 Å². The number of aromatic nitrogens is 4. The maximum Gasteiger partial charge on any atom is 0.295 e. The predicted molar refractivity (Wildman–Crippen MR) is 88.9 cm³/mol. The van der Waals surface area contributed by atoms with Gasteiger partial charge in [-0.2, -0.15) is 4.98 Å². The van der Waals surface area contributed by atoms with Gasteiger partial charge in [-0.25, -0.2) is 9.50 Å². The largest absolute Gasteiger partial charge is 0.319 e. The van der Waals surface area contributed by atoms with Crippen molar-refractivity contribution in [3.8, 4) is 0 Å². The van der Waals surface area contributed by atoms with Crippen molar-refractivity contribution in [1.29, 1.82) is 0 Å². The fourth-order valence-electron chi connectivity index (χ4n) is 2.81. The molecule has 1 aromatic carbocycles. The van der Waals surface area contributed by atoms with Crippen molar-refractivity contribution in [2.24, 2.45) is 0 Å². The molecule has 0 bridgehead atoms. The predicted octanol–water partition coefficient (Wildman–Crippen LogP) is 2.92. The van der Waals surface area contributed by atoms with Crippen LogP contribution in [-0.4, -0.2) is 25.5 Å². The standard InChI is InChI=1S/C17H19N5O/c1-9-6-10(2)14(11(3)7-9)19-16(23)15-20-17-18-12(4)8-13(5)22(17)21-15/h6-8H,1-5H3,(H,19,23). The summed E-state index contributed by atoms with van der Waals surface area (Å²) in [4.78, 5) is 21.0. The first-order valence-electron chi connectivity index (χ1n) is 7.45. The van der Waals surface area contributed by atoms with Crippen LogP contribution in [0.15, 0.2) is 18.2 Å². The van der Waals surface area contributed by atoms with Gasteiger partial charge in [0.1, 0.15) is 0 Å². The quantitative estimate of drug-likeness (QED) is 0.790. The Morgan fingerprint density at radius 3 is 2.30 bits per heavy atom. The van der Waals surface area contributed by atoms with Gasteiger partial charge in [0.05, 0.1) is 0 Å². The van der Waals surface area contributed by atoms with E-state index < -0.39 is 0 Å². The van der Waals surface area contributed by atoms with Crippen LogP contribution in [0.1, 0.15) is 38.7 Å². The second-order valence-electron chi connectivity index (χ2n) is 5.91. The summed E-state index contributed by atoms with van der Waals surface area (Å²) in [5.41, 5.74) is 5.75. The molecule has 6 nitrogen and oxygen atoms in total. The van der Waals surface area contributed by atoms with Crippen molar-refractivity contribution < 1.29 is 4.79 Å². The molecule has 0 saturated carbocycles. The third-order valence-corrected chi connectivity index (χ3v) is 3.74. The zero-order valence-electron chi connectivity index (χ0n) is 13.9. The lowest BCUT2D eigenvalue weighted by molar-refractivity contribution is 0.101. The van der Waals surface area contributed by atoms with E-state index in [0.29, 0.717) is 5.78 Å². The molecule has 0 spiro atoms. The summed E-state index contributed by atoms with van der Waals surface area (Å²) in [6.45, 7) is 9.78. The minimum atomic E-state index is -0.331. The Morgan fingerprint density at radius 2 is 1.65 bits per heavy atom. The number of aryl methyl sites for hydroxylation is 5. The number of nitrogens with zero attached hydrogens (tertiary/aromatic N) is 4. The lowest BCUT2D eigenvalue weighted by atomic mass is 10.1. The summed E-state index contributed by atoms with van der Waals surface area (Å²) in [6, 6.07) is 5.97. The zero-order chi connectivity index (χ0) is 16.7. The molecule has 0 radical (unpaired) electrons. The molecular formula is C17H19N5O. The van der Waals surface area contributed by atoms with E-state index in [1.807, 2.05) is 52.8 Å². The van der Waals surface area contributed by atoms with Gasteiger partial charge >= 0.3 is 0 Å². The fourth-order valence-corrected chi connectivity index (χ4v) is 2.81. The molecule has 0 atom stereocenters. The van der Waals surface area contributed by atoms with Crippen LogP contribution in [0, 0.1) is 34.6 Å². The molecule has 0 aliphatic carbocycles. The highest BCUT2D eigenvalue weighted by atomic mass is 16.2. The highest BCUT2D eigenvalue weighted by Crippen LogP contribution is 2.22. The third-order valence-electron chi connectivity index (χ3n) is 3.74. The molecule has 0 fully saturated rings. The Labute approximate surface area is 134 Å². The summed E-state index contributed by atoms with van der Waals surface area (Å²) >= 11 is 0. The Bertz CT molecular complexity index is 903. The van der Waals surface area contributed by atoms with Crippen molar-refractivity contribution >= 4 is 17.4 Å². The second-order valence-corrected chi connectivity index (χ2v) is 5.91. The van der Waals surface area contributed by atoms with Gasteiger partial charge in [0.15, 0.2) is 0 Å². The average Bonchev–Trinajstić information content (AvgIpc) is 2.86. The van der Waals surface area contributed by atoms with E-state index in [1.165, 1.54) is 5.56 Å². The van der Waals surface area contributed by atoms with Crippen molar-refractivity contribution in [1.82, 2.24) is 19.6 Å². The number of anilines is 1. The van der Waals surface area contributed by atoms with E-state index in [2.05, 4.69) is 20.4 Å². The summed E-state index contributed by atoms with van der Waals surface area (Å²) < 4.78 is 1.58. The molecular weight excluding hydrogens is 290 g/mol. The molecule has 2 heterocycles. The maximum absolute atomic E-state index is 12.5. The first-order chi connectivity index (χ1) is 10.8. The van der Waals surface area contributed by atoms with Gasteiger partial charge in [0, 0.05) is 17.1 Å². The minimum Gasteiger partial charge on any atom is -0.319 e. The molecule has 0 aliphatic rings. The van der Waals surface area contributed by atoms with Crippen LogP contribution in [-0.2, 0) is 0 Å². The zero-order valence-corrected chi connectivity index (χ0v) is 13.9. The number of fused-ring (bicyclic) bond motifs is 1. The number of nitrogens with one attached hydrogen (secondary N) is 1. The van der Waals surface area contributed by atoms with E-state index >= 15 is 0 Å². The van der Waals surface area contributed by atoms with Crippen LogP contribution >= 0.6 is 0 Å². The number of hydrogen-bond donors (Lipinski definition) is 1. The van der Waals surface area contributed by atoms with Crippen LogP contribution in [0.2, 0.25) is 0 Å². The number of amides is 1. The molecule has 1 amide bonds. The molecule has 1 N–H and O–H groups in total. The molecule has 0 saturated heterocycles. The van der Waals surface area contributed by atoms with Gasteiger partial charge in [0.2, 0.25) is 5.82 Å². The van der Waals surface area contributed by atoms with Gasteiger partial charge in [-0.3, -0.25) is 4.79 Å². The Morgan fingerprint density at radius 1 is 1.00 bits per heavy atom. The van der Waals surface area contributed by atoms with E-state index in [0.717, 1.165) is 28.2 Å². The van der Waals surface area contributed by atoms with Crippen molar-refractivity contribution in [2.75, 3.05) is 5.32 Å². The molecule has 2 aromatic heterocycles. The number of carbonyl (C=O) groups is 1. The lowest BCUT2D eigenvalue weighted by Crippen LogP contribution is -2.15. The van der Waals surface area contributed by atoms with E-state index in [9.17, 15) is 4.79 Å². The van der Waals surface area contributed by atoms with Gasteiger partial charge < -0.3 is 5.32 Å². The molecule has 118 valence electrons. The normalized spacial score (nSPS) is 11.0. The summed E-state index contributed by atoms with van der Waals surface area (Å²) in [7, 11) is 0. The number of benzene rings is 1. The van der Waals surface area contributed by atoms with Crippen molar-refractivity contribution in [3.63, 3.8) is 0 Å². The van der Waals surface area contributed by atoms with Gasteiger partial charge in [-0.05, 0) is 51.8 Å².